The van der Waals surface area contributed by atoms with Gasteiger partial charge in [0.2, 0.25) is 0 Å². The van der Waals surface area contributed by atoms with Crippen molar-refractivity contribution in [1.29, 1.82) is 0 Å². The van der Waals surface area contributed by atoms with E-state index >= 15 is 0 Å². The molecule has 0 fully saturated rings. The van der Waals surface area contributed by atoms with Crippen LogP contribution in [0.2, 0.25) is 0 Å². The summed E-state index contributed by atoms with van der Waals surface area (Å²) >= 11 is 5.76. The normalized spacial score (nSPS) is 12.0. The van der Waals surface area contributed by atoms with Crippen molar-refractivity contribution in [1.82, 2.24) is 9.97 Å². The molecule has 33 heavy (non-hydrogen) atoms. The van der Waals surface area contributed by atoms with Crippen molar-refractivity contribution in [3.8, 4) is 5.75 Å². The maximum atomic E-state index is 12.5. The molecule has 2 aromatic heterocycles. The molecule has 3 aromatic rings. The van der Waals surface area contributed by atoms with Crippen LogP contribution in [0.4, 0.5) is 5.13 Å². The van der Waals surface area contributed by atoms with Gasteiger partial charge >= 0.3 is 11.9 Å². The van der Waals surface area contributed by atoms with E-state index in [2.05, 4.69) is 25.9 Å². The summed E-state index contributed by atoms with van der Waals surface area (Å²) in [5.74, 6) is -0.343. The molecule has 0 unspecified atom stereocenters. The molecule has 0 radical (unpaired) electrons. The van der Waals surface area contributed by atoms with Gasteiger partial charge in [-0.15, -0.1) is 22.7 Å². The van der Waals surface area contributed by atoms with E-state index in [-0.39, 0.29) is 17.6 Å². The molecule has 174 valence electrons. The summed E-state index contributed by atoms with van der Waals surface area (Å²) in [6, 6.07) is 5.41. The Bertz CT molecular complexity index is 1160. The zero-order chi connectivity index (χ0) is 24.0. The van der Waals surface area contributed by atoms with E-state index < -0.39 is 5.97 Å². The Balaban J connectivity index is 0.000000235. The van der Waals surface area contributed by atoms with E-state index in [0.717, 1.165) is 5.56 Å². The van der Waals surface area contributed by atoms with E-state index in [1.165, 1.54) is 22.7 Å². The van der Waals surface area contributed by atoms with Gasteiger partial charge in [-0.3, -0.25) is 9.69 Å². The zero-order valence-electron chi connectivity index (χ0n) is 18.0. The van der Waals surface area contributed by atoms with Gasteiger partial charge in [-0.2, -0.15) is 0 Å². The number of ether oxygens (including phenoxy) is 3. The highest BCUT2D eigenvalue weighted by atomic mass is 79.9. The van der Waals surface area contributed by atoms with Crippen LogP contribution in [0.25, 0.3) is 0 Å². The number of halogens is 1. The smallest absolute Gasteiger partial charge is 0.357 e. The first-order valence-corrected chi connectivity index (χ1v) is 12.3. The van der Waals surface area contributed by atoms with Crippen LogP contribution < -0.4 is 9.64 Å². The minimum Gasteiger partial charge on any atom is -0.497 e. The number of hydrogen-bond acceptors (Lipinski definition) is 10. The molecule has 1 aliphatic rings. The number of rotatable bonds is 6. The standard InChI is InChI=1S/C15H14N2O4S.C6H6BrNO2S/c1-3-21-14(19)12-8-22-15(16-12)17-7-9-4-5-10(20-2)6-11(9)13(17)18;1-2-10-5(9)4-3-11-6(7)8-4/h4-6,8H,3,7H2,1-2H3;3H,2H2,1H3. The average Bonchev–Trinajstić information content (AvgIpc) is 3.53. The van der Waals surface area contributed by atoms with E-state index in [1.54, 1.807) is 42.7 Å². The average molecular weight is 554 g/mol. The Hall–Kier alpha value is -2.83. The second kappa shape index (κ2) is 11.3. The number of esters is 2. The van der Waals surface area contributed by atoms with E-state index in [0.29, 0.717) is 45.8 Å². The summed E-state index contributed by atoms with van der Waals surface area (Å²) in [4.78, 5) is 44.8. The third-order valence-electron chi connectivity index (χ3n) is 4.29. The fourth-order valence-electron chi connectivity index (χ4n) is 2.80. The number of nitrogens with zero attached hydrogens (tertiary/aromatic N) is 3. The van der Waals surface area contributed by atoms with E-state index in [4.69, 9.17) is 14.2 Å². The Morgan fingerprint density at radius 2 is 1.70 bits per heavy atom. The van der Waals surface area contributed by atoms with Crippen molar-refractivity contribution < 1.29 is 28.6 Å². The minimum atomic E-state index is -0.476. The van der Waals surface area contributed by atoms with Gasteiger partial charge in [-0.25, -0.2) is 19.6 Å². The third kappa shape index (κ3) is 5.95. The summed E-state index contributed by atoms with van der Waals surface area (Å²) in [6.45, 7) is 4.61. The number of anilines is 1. The van der Waals surface area contributed by atoms with Crippen LogP contribution in [-0.2, 0) is 16.0 Å². The van der Waals surface area contributed by atoms with Crippen LogP contribution >= 0.6 is 38.6 Å². The van der Waals surface area contributed by atoms with Crippen LogP contribution in [0.5, 0.6) is 5.75 Å². The minimum absolute atomic E-state index is 0.140. The van der Waals surface area contributed by atoms with E-state index in [1.807, 2.05) is 12.1 Å². The Kier molecular flexibility index (Phi) is 8.53. The van der Waals surface area contributed by atoms with Gasteiger partial charge in [-0.1, -0.05) is 6.07 Å². The lowest BCUT2D eigenvalue weighted by Crippen LogP contribution is -2.23. The highest BCUT2D eigenvalue weighted by Gasteiger charge is 2.31. The first-order valence-electron chi connectivity index (χ1n) is 9.77. The molecule has 0 saturated heterocycles. The molecule has 1 amide bonds. The van der Waals surface area contributed by atoms with Crippen LogP contribution in [0.3, 0.4) is 0 Å². The number of aromatic nitrogens is 2. The second-order valence-electron chi connectivity index (χ2n) is 6.36. The quantitative estimate of drug-likeness (QED) is 0.408. The molecule has 12 heteroatoms. The van der Waals surface area contributed by atoms with Crippen molar-refractivity contribution in [2.75, 3.05) is 25.2 Å². The van der Waals surface area contributed by atoms with Gasteiger partial charge in [0.05, 0.1) is 26.9 Å². The van der Waals surface area contributed by atoms with Gasteiger partial charge < -0.3 is 14.2 Å². The fraction of sp³-hybridized carbons (Fsp3) is 0.286. The predicted molar refractivity (Wildman–Crippen MR) is 127 cm³/mol. The number of thiazole rings is 2. The topological polar surface area (TPSA) is 108 Å². The Morgan fingerprint density at radius 1 is 1.06 bits per heavy atom. The number of amides is 1. The van der Waals surface area contributed by atoms with Crippen molar-refractivity contribution in [2.45, 2.75) is 20.4 Å². The largest absolute Gasteiger partial charge is 0.497 e. The summed E-state index contributed by atoms with van der Waals surface area (Å²) in [7, 11) is 1.56. The summed E-state index contributed by atoms with van der Waals surface area (Å²) in [6.07, 6.45) is 0. The maximum absolute atomic E-state index is 12.5. The molecule has 0 spiro atoms. The number of carbonyl (C=O) groups excluding carboxylic acids is 3. The Morgan fingerprint density at radius 3 is 2.27 bits per heavy atom. The molecule has 0 saturated carbocycles. The molecule has 1 aromatic carbocycles. The molecule has 0 N–H and O–H groups in total. The summed E-state index contributed by atoms with van der Waals surface area (Å²) in [5, 5.41) is 3.75. The van der Waals surface area contributed by atoms with E-state index in [9.17, 15) is 14.4 Å². The van der Waals surface area contributed by atoms with Crippen LogP contribution in [0.15, 0.2) is 32.9 Å². The lowest BCUT2D eigenvalue weighted by atomic mass is 10.1. The molecule has 0 bridgehead atoms. The molecular formula is C21H20BrN3O6S2. The van der Waals surface area contributed by atoms with Crippen molar-refractivity contribution >= 4 is 61.6 Å². The molecule has 0 aliphatic carbocycles. The van der Waals surface area contributed by atoms with Gasteiger partial charge in [-0.05, 0) is 47.5 Å². The van der Waals surface area contributed by atoms with Gasteiger partial charge in [0.1, 0.15) is 5.75 Å². The SMILES string of the molecule is CCOC(=O)c1csc(Br)n1.CCOC(=O)c1csc(N2Cc3ccc(OC)cc3C2=O)n1. The fourth-order valence-corrected chi connectivity index (χ4v) is 4.57. The van der Waals surface area contributed by atoms with Crippen LogP contribution in [-0.4, -0.2) is 48.1 Å². The first kappa shape index (κ1) is 24.8. The highest BCUT2D eigenvalue weighted by Crippen LogP contribution is 2.32. The lowest BCUT2D eigenvalue weighted by molar-refractivity contribution is 0.0511. The van der Waals surface area contributed by atoms with Crippen LogP contribution in [0.1, 0.15) is 50.7 Å². The van der Waals surface area contributed by atoms with Gasteiger partial charge in [0.15, 0.2) is 20.4 Å². The maximum Gasteiger partial charge on any atom is 0.357 e. The van der Waals surface area contributed by atoms with Crippen molar-refractivity contribution in [2.24, 2.45) is 0 Å². The number of carbonyl (C=O) groups is 3. The molecule has 9 nitrogen and oxygen atoms in total. The monoisotopic (exact) mass is 553 g/mol. The lowest BCUT2D eigenvalue weighted by Gasteiger charge is -2.10. The van der Waals surface area contributed by atoms with Crippen molar-refractivity contribution in [3.05, 3.63) is 55.4 Å². The summed E-state index contributed by atoms with van der Waals surface area (Å²) in [5.41, 5.74) is 2.11. The number of benzene rings is 1. The molecule has 3 heterocycles. The first-order chi connectivity index (χ1) is 15.9. The third-order valence-corrected chi connectivity index (χ3v) is 6.52. The predicted octanol–water partition coefficient (Wildman–Crippen LogP) is 4.57. The second-order valence-corrected chi connectivity index (χ2v) is 9.33. The van der Waals surface area contributed by atoms with Crippen LogP contribution in [0, 0.1) is 0 Å². The molecule has 4 rings (SSSR count). The number of methoxy groups -OCH3 is 1. The zero-order valence-corrected chi connectivity index (χ0v) is 21.2. The molecule has 1 aliphatic heterocycles. The molecule has 0 atom stereocenters. The molecular weight excluding hydrogens is 534 g/mol. The highest BCUT2D eigenvalue weighted by molar-refractivity contribution is 9.11. The van der Waals surface area contributed by atoms with Gasteiger partial charge in [0, 0.05) is 16.3 Å². The summed E-state index contributed by atoms with van der Waals surface area (Å²) < 4.78 is 15.5. The van der Waals surface area contributed by atoms with Crippen molar-refractivity contribution in [3.63, 3.8) is 0 Å². The van der Waals surface area contributed by atoms with Gasteiger partial charge in [0.25, 0.3) is 5.91 Å². The number of hydrogen-bond donors (Lipinski definition) is 0. The number of fused-ring (bicyclic) bond motifs is 1. The Labute approximate surface area is 206 Å².